The summed E-state index contributed by atoms with van der Waals surface area (Å²) in [5.74, 6) is 1.90. The minimum Gasteiger partial charge on any atom is -0.353 e. The third kappa shape index (κ3) is 1.90. The first-order valence-electron chi connectivity index (χ1n) is 7.36. The van der Waals surface area contributed by atoms with Crippen molar-refractivity contribution in [1.29, 1.82) is 0 Å². The van der Waals surface area contributed by atoms with Gasteiger partial charge in [-0.2, -0.15) is 0 Å². The highest BCUT2D eigenvalue weighted by Gasteiger charge is 2.44. The molecule has 0 radical (unpaired) electrons. The number of hydrogen-bond acceptors (Lipinski definition) is 2. The fourth-order valence-corrected chi connectivity index (χ4v) is 3.88. The monoisotopic (exact) mass is 245 g/mol. The number of fused-ring (bicyclic) bond motifs is 1. The SMILES string of the molecule is Cn1cccc1CN1CC2CN(C3CC3)CC2C1. The Morgan fingerprint density at radius 2 is 1.83 bits per heavy atom. The third-order valence-electron chi connectivity index (χ3n) is 5.09. The Kier molecular flexibility index (Phi) is 2.52. The number of aryl methyl sites for hydroxylation is 1. The summed E-state index contributed by atoms with van der Waals surface area (Å²) in [6.45, 7) is 6.52. The molecule has 3 aliphatic rings. The first kappa shape index (κ1) is 11.1. The van der Waals surface area contributed by atoms with Gasteiger partial charge in [0.15, 0.2) is 0 Å². The molecule has 3 fully saturated rings. The summed E-state index contributed by atoms with van der Waals surface area (Å²) >= 11 is 0. The Morgan fingerprint density at radius 3 is 2.39 bits per heavy atom. The minimum absolute atomic E-state index is 0.950. The highest BCUT2D eigenvalue weighted by Crippen LogP contribution is 2.38. The zero-order chi connectivity index (χ0) is 12.1. The molecule has 2 aliphatic heterocycles. The maximum Gasteiger partial charge on any atom is 0.0387 e. The number of hydrogen-bond donors (Lipinski definition) is 0. The second-order valence-electron chi connectivity index (χ2n) is 6.51. The second-order valence-corrected chi connectivity index (χ2v) is 6.51. The smallest absolute Gasteiger partial charge is 0.0387 e. The van der Waals surface area contributed by atoms with Crippen LogP contribution in [-0.2, 0) is 13.6 Å². The average Bonchev–Trinajstić information content (AvgIpc) is 2.85. The largest absolute Gasteiger partial charge is 0.353 e. The molecule has 0 spiro atoms. The van der Waals surface area contributed by atoms with Crippen LogP contribution in [0.4, 0.5) is 0 Å². The number of likely N-dealkylation sites (tertiary alicyclic amines) is 2. The second kappa shape index (κ2) is 4.10. The molecule has 1 aliphatic carbocycles. The van der Waals surface area contributed by atoms with Crippen molar-refractivity contribution >= 4 is 0 Å². The lowest BCUT2D eigenvalue weighted by molar-refractivity contribution is 0.242. The van der Waals surface area contributed by atoms with E-state index in [0.29, 0.717) is 0 Å². The Hall–Kier alpha value is -0.800. The van der Waals surface area contributed by atoms with Crippen LogP contribution in [-0.4, -0.2) is 46.6 Å². The molecule has 0 bridgehead atoms. The average molecular weight is 245 g/mol. The first-order chi connectivity index (χ1) is 8.79. The van der Waals surface area contributed by atoms with Crippen molar-refractivity contribution in [3.05, 3.63) is 24.0 Å². The van der Waals surface area contributed by atoms with Gasteiger partial charge in [0.25, 0.3) is 0 Å². The molecule has 3 heteroatoms. The lowest BCUT2D eigenvalue weighted by Crippen LogP contribution is -2.30. The van der Waals surface area contributed by atoms with Crippen molar-refractivity contribution in [2.75, 3.05) is 26.2 Å². The van der Waals surface area contributed by atoms with E-state index in [1.54, 1.807) is 0 Å². The molecule has 0 aromatic carbocycles. The van der Waals surface area contributed by atoms with Crippen molar-refractivity contribution in [3.63, 3.8) is 0 Å². The lowest BCUT2D eigenvalue weighted by Gasteiger charge is -2.21. The molecule has 1 aromatic heterocycles. The van der Waals surface area contributed by atoms with E-state index >= 15 is 0 Å². The van der Waals surface area contributed by atoms with Gasteiger partial charge in [0.1, 0.15) is 0 Å². The third-order valence-corrected chi connectivity index (χ3v) is 5.09. The van der Waals surface area contributed by atoms with Crippen LogP contribution in [0.5, 0.6) is 0 Å². The summed E-state index contributed by atoms with van der Waals surface area (Å²) in [6, 6.07) is 5.38. The van der Waals surface area contributed by atoms with Crippen LogP contribution in [0, 0.1) is 11.8 Å². The summed E-state index contributed by atoms with van der Waals surface area (Å²) < 4.78 is 2.25. The Balaban J connectivity index is 1.37. The van der Waals surface area contributed by atoms with E-state index in [9.17, 15) is 0 Å². The van der Waals surface area contributed by atoms with Crippen molar-refractivity contribution in [1.82, 2.24) is 14.4 Å². The van der Waals surface area contributed by atoms with Crippen LogP contribution < -0.4 is 0 Å². The predicted octanol–water partition coefficient (Wildman–Crippen LogP) is 1.55. The molecule has 1 saturated carbocycles. The van der Waals surface area contributed by atoms with Gasteiger partial charge in [-0.05, 0) is 36.8 Å². The van der Waals surface area contributed by atoms with E-state index in [0.717, 1.165) is 24.4 Å². The van der Waals surface area contributed by atoms with Gasteiger partial charge in [-0.25, -0.2) is 0 Å². The zero-order valence-electron chi connectivity index (χ0n) is 11.3. The molecule has 18 heavy (non-hydrogen) atoms. The van der Waals surface area contributed by atoms with Crippen molar-refractivity contribution in [3.8, 4) is 0 Å². The van der Waals surface area contributed by atoms with E-state index in [1.165, 1.54) is 44.7 Å². The summed E-state index contributed by atoms with van der Waals surface area (Å²) in [5, 5.41) is 0. The van der Waals surface area contributed by atoms with Gasteiger partial charge >= 0.3 is 0 Å². The van der Waals surface area contributed by atoms with Crippen LogP contribution in [0.2, 0.25) is 0 Å². The van der Waals surface area contributed by atoms with Crippen LogP contribution in [0.15, 0.2) is 18.3 Å². The lowest BCUT2D eigenvalue weighted by atomic mass is 10.0. The highest BCUT2D eigenvalue weighted by atomic mass is 15.3. The molecule has 1 aromatic rings. The van der Waals surface area contributed by atoms with E-state index in [1.807, 2.05) is 0 Å². The molecule has 2 saturated heterocycles. The molecule has 2 unspecified atom stereocenters. The summed E-state index contributed by atoms with van der Waals surface area (Å²) in [4.78, 5) is 5.42. The van der Waals surface area contributed by atoms with Gasteiger partial charge in [-0.1, -0.05) is 0 Å². The van der Waals surface area contributed by atoms with Crippen LogP contribution >= 0.6 is 0 Å². The van der Waals surface area contributed by atoms with Crippen molar-refractivity contribution in [2.24, 2.45) is 18.9 Å². The van der Waals surface area contributed by atoms with Gasteiger partial charge in [0, 0.05) is 57.7 Å². The fourth-order valence-electron chi connectivity index (χ4n) is 3.88. The quantitative estimate of drug-likeness (QED) is 0.800. The summed E-state index contributed by atoms with van der Waals surface area (Å²) in [5.41, 5.74) is 1.45. The molecule has 98 valence electrons. The zero-order valence-corrected chi connectivity index (χ0v) is 11.3. The summed E-state index contributed by atoms with van der Waals surface area (Å²) in [6.07, 6.45) is 5.08. The normalized spacial score (nSPS) is 33.2. The topological polar surface area (TPSA) is 11.4 Å². The molecular formula is C15H23N3. The summed E-state index contributed by atoms with van der Waals surface area (Å²) in [7, 11) is 2.15. The number of nitrogens with zero attached hydrogens (tertiary/aromatic N) is 3. The van der Waals surface area contributed by atoms with Gasteiger partial charge in [-0.15, -0.1) is 0 Å². The number of rotatable bonds is 3. The molecule has 2 atom stereocenters. The molecular weight excluding hydrogens is 222 g/mol. The van der Waals surface area contributed by atoms with Gasteiger partial charge < -0.3 is 4.57 Å². The van der Waals surface area contributed by atoms with Gasteiger partial charge in [0.2, 0.25) is 0 Å². The van der Waals surface area contributed by atoms with Gasteiger partial charge in [0.05, 0.1) is 0 Å². The molecule has 0 N–H and O–H groups in total. The van der Waals surface area contributed by atoms with Crippen molar-refractivity contribution in [2.45, 2.75) is 25.4 Å². The van der Waals surface area contributed by atoms with E-state index in [4.69, 9.17) is 0 Å². The van der Waals surface area contributed by atoms with Crippen LogP contribution in [0.25, 0.3) is 0 Å². The molecule has 3 heterocycles. The standard InChI is InChI=1S/C15H23N3/c1-16-6-2-3-15(16)11-17-7-12-9-18(14-4-5-14)10-13(12)8-17/h2-3,6,12-14H,4-5,7-11H2,1H3. The first-order valence-corrected chi connectivity index (χ1v) is 7.36. The molecule has 0 amide bonds. The van der Waals surface area contributed by atoms with E-state index in [2.05, 4.69) is 39.7 Å². The maximum absolute atomic E-state index is 2.76. The Labute approximate surface area is 109 Å². The predicted molar refractivity (Wildman–Crippen MR) is 72.3 cm³/mol. The van der Waals surface area contributed by atoms with Gasteiger partial charge in [-0.3, -0.25) is 9.80 Å². The maximum atomic E-state index is 2.76. The molecule has 3 nitrogen and oxygen atoms in total. The van der Waals surface area contributed by atoms with Crippen LogP contribution in [0.1, 0.15) is 18.5 Å². The highest BCUT2D eigenvalue weighted by molar-refractivity contribution is 5.07. The van der Waals surface area contributed by atoms with Crippen LogP contribution in [0.3, 0.4) is 0 Å². The minimum atomic E-state index is 0.950. The van der Waals surface area contributed by atoms with E-state index in [-0.39, 0.29) is 0 Å². The Bertz CT molecular complexity index is 421. The fraction of sp³-hybridized carbons (Fsp3) is 0.733. The Morgan fingerprint density at radius 1 is 1.11 bits per heavy atom. The van der Waals surface area contributed by atoms with E-state index < -0.39 is 0 Å². The van der Waals surface area contributed by atoms with Crippen molar-refractivity contribution < 1.29 is 0 Å². The molecule has 4 rings (SSSR count). The number of aromatic nitrogens is 1.